The summed E-state index contributed by atoms with van der Waals surface area (Å²) < 4.78 is 11.4. The summed E-state index contributed by atoms with van der Waals surface area (Å²) in [5.41, 5.74) is 0. The molecule has 71 valence electrons. The van der Waals surface area contributed by atoms with Crippen LogP contribution >= 0.6 is 0 Å². The Morgan fingerprint density at radius 3 is 2.58 bits per heavy atom. The third kappa shape index (κ3) is 3.81. The van der Waals surface area contributed by atoms with Crippen LogP contribution in [0.5, 0.6) is 0 Å². The summed E-state index contributed by atoms with van der Waals surface area (Å²) in [6, 6.07) is 0. The lowest BCUT2D eigenvalue weighted by molar-refractivity contribution is 0.385. The van der Waals surface area contributed by atoms with Crippen LogP contribution in [-0.4, -0.2) is 16.1 Å². The summed E-state index contributed by atoms with van der Waals surface area (Å²) in [7, 11) is 0. The lowest BCUT2D eigenvalue weighted by Crippen LogP contribution is -2.20. The fourth-order valence-corrected chi connectivity index (χ4v) is 3.24. The van der Waals surface area contributed by atoms with Crippen molar-refractivity contribution in [3.63, 3.8) is 0 Å². The van der Waals surface area contributed by atoms with Gasteiger partial charge in [-0.05, 0) is 12.8 Å². The van der Waals surface area contributed by atoms with E-state index in [1.807, 2.05) is 13.3 Å². The molecule has 0 amide bonds. The van der Waals surface area contributed by atoms with E-state index in [0.29, 0.717) is 0 Å². The van der Waals surface area contributed by atoms with E-state index in [-0.39, 0.29) is 0 Å². The Labute approximate surface area is 79.1 Å². The van der Waals surface area contributed by atoms with Crippen LogP contribution in [-0.2, 0) is 11.2 Å². The van der Waals surface area contributed by atoms with E-state index in [1.54, 1.807) is 0 Å². The fraction of sp³-hybridized carbons (Fsp3) is 0.900. The molecule has 2 heteroatoms. The van der Waals surface area contributed by atoms with Crippen molar-refractivity contribution in [3.05, 3.63) is 6.42 Å². The van der Waals surface area contributed by atoms with Gasteiger partial charge in [-0.15, -0.1) is 0 Å². The second-order valence-electron chi connectivity index (χ2n) is 3.69. The zero-order valence-electron chi connectivity index (χ0n) is 7.92. The maximum absolute atomic E-state index is 11.4. The lowest BCUT2D eigenvalue weighted by atomic mass is 9.91. The van der Waals surface area contributed by atoms with Crippen LogP contribution in [0.15, 0.2) is 0 Å². The zero-order valence-corrected chi connectivity index (χ0v) is 8.74. The average molecular weight is 187 g/mol. The molecule has 0 spiro atoms. The Morgan fingerprint density at radius 1 is 1.33 bits per heavy atom. The standard InChI is InChI=1S/C10H19OS/c1-2-8-12(11)9-10-6-4-3-5-7-10/h2,10H,3-9H2,1H3. The molecule has 0 heterocycles. The molecule has 1 saturated carbocycles. The summed E-state index contributed by atoms with van der Waals surface area (Å²) in [6.45, 7) is 1.98. The Balaban J connectivity index is 2.11. The quantitative estimate of drug-likeness (QED) is 0.620. The molecule has 0 aliphatic heterocycles. The molecule has 0 aromatic rings. The van der Waals surface area contributed by atoms with Gasteiger partial charge in [-0.2, -0.15) is 0 Å². The van der Waals surface area contributed by atoms with Gasteiger partial charge in [0.2, 0.25) is 0 Å². The highest BCUT2D eigenvalue weighted by atomic mass is 32.2. The number of rotatable bonds is 4. The number of hydrogen-bond donors (Lipinski definition) is 0. The molecule has 1 unspecified atom stereocenters. The van der Waals surface area contributed by atoms with E-state index in [4.69, 9.17) is 0 Å². The van der Waals surface area contributed by atoms with Gasteiger partial charge in [0, 0.05) is 12.3 Å². The Hall–Kier alpha value is 0.310. The molecule has 1 fully saturated rings. The van der Waals surface area contributed by atoms with E-state index in [1.165, 1.54) is 32.1 Å². The van der Waals surface area contributed by atoms with Crippen molar-refractivity contribution in [2.45, 2.75) is 39.0 Å². The second-order valence-corrected chi connectivity index (χ2v) is 5.23. The first-order chi connectivity index (χ1) is 5.83. The topological polar surface area (TPSA) is 23.1 Å². The molecule has 1 nitrogen and oxygen atoms in total. The maximum Gasteiger partial charge on any atom is 0.108 e. The summed E-state index contributed by atoms with van der Waals surface area (Å²) in [6.07, 6.45) is 8.75. The van der Waals surface area contributed by atoms with E-state index in [9.17, 15) is 4.55 Å². The van der Waals surface area contributed by atoms with E-state index in [0.717, 1.165) is 17.4 Å². The molecular formula is C10H19OS. The first-order valence-electron chi connectivity index (χ1n) is 4.95. The predicted molar refractivity (Wildman–Crippen MR) is 54.4 cm³/mol. The van der Waals surface area contributed by atoms with E-state index in [2.05, 4.69) is 0 Å². The van der Waals surface area contributed by atoms with Crippen LogP contribution in [0, 0.1) is 12.3 Å². The van der Waals surface area contributed by atoms with Gasteiger partial charge in [0.05, 0.1) is 0 Å². The van der Waals surface area contributed by atoms with Crippen LogP contribution in [0.25, 0.3) is 0 Å². The Kier molecular flexibility index (Phi) is 5.08. The smallest absolute Gasteiger partial charge is 0.108 e. The van der Waals surface area contributed by atoms with Crippen molar-refractivity contribution in [3.8, 4) is 0 Å². The minimum atomic E-state index is -0.573. The Morgan fingerprint density at radius 2 is 2.00 bits per heavy atom. The van der Waals surface area contributed by atoms with Crippen molar-refractivity contribution < 1.29 is 4.55 Å². The minimum absolute atomic E-state index is 0.573. The predicted octanol–water partition coefficient (Wildman–Crippen LogP) is 2.54. The molecule has 1 radical (unpaired) electrons. The molecule has 1 rings (SSSR count). The highest BCUT2D eigenvalue weighted by molar-refractivity contribution is 7.91. The zero-order chi connectivity index (χ0) is 8.81. The van der Waals surface area contributed by atoms with Crippen molar-refractivity contribution in [1.82, 2.24) is 0 Å². The van der Waals surface area contributed by atoms with Gasteiger partial charge in [-0.1, -0.05) is 37.4 Å². The van der Waals surface area contributed by atoms with Gasteiger partial charge in [0.1, 0.15) is 11.5 Å². The fourth-order valence-electron chi connectivity index (χ4n) is 1.87. The van der Waals surface area contributed by atoms with Gasteiger partial charge < -0.3 is 4.55 Å². The minimum Gasteiger partial charge on any atom is -0.616 e. The highest BCUT2D eigenvalue weighted by Crippen LogP contribution is 2.24. The molecule has 0 aromatic heterocycles. The van der Waals surface area contributed by atoms with Gasteiger partial charge in [0.15, 0.2) is 0 Å². The maximum atomic E-state index is 11.4. The summed E-state index contributed by atoms with van der Waals surface area (Å²) >= 11 is -0.573. The molecule has 1 atom stereocenters. The van der Waals surface area contributed by atoms with Crippen molar-refractivity contribution in [2.75, 3.05) is 11.5 Å². The molecule has 12 heavy (non-hydrogen) atoms. The third-order valence-corrected chi connectivity index (χ3v) is 4.05. The van der Waals surface area contributed by atoms with Crippen molar-refractivity contribution in [2.24, 2.45) is 5.92 Å². The summed E-state index contributed by atoms with van der Waals surface area (Å²) in [4.78, 5) is 0. The van der Waals surface area contributed by atoms with Gasteiger partial charge in [0.25, 0.3) is 0 Å². The van der Waals surface area contributed by atoms with Crippen molar-refractivity contribution >= 4 is 11.2 Å². The Bertz CT molecular complexity index is 110. The van der Waals surface area contributed by atoms with Crippen LogP contribution in [0.1, 0.15) is 39.0 Å². The molecule has 0 saturated heterocycles. The highest BCUT2D eigenvalue weighted by Gasteiger charge is 2.18. The number of hydrogen-bond acceptors (Lipinski definition) is 1. The van der Waals surface area contributed by atoms with Gasteiger partial charge in [-0.25, -0.2) is 0 Å². The first-order valence-corrected chi connectivity index (χ1v) is 6.44. The average Bonchev–Trinajstić information content (AvgIpc) is 2.06. The normalized spacial score (nSPS) is 22.5. The van der Waals surface area contributed by atoms with Crippen LogP contribution < -0.4 is 0 Å². The summed E-state index contributed by atoms with van der Waals surface area (Å²) in [5.74, 6) is 2.50. The molecule has 1 aliphatic rings. The lowest BCUT2D eigenvalue weighted by Gasteiger charge is -2.22. The molecule has 0 bridgehead atoms. The molecule has 0 aromatic carbocycles. The van der Waals surface area contributed by atoms with E-state index < -0.39 is 11.2 Å². The molecular weight excluding hydrogens is 168 g/mol. The third-order valence-electron chi connectivity index (χ3n) is 2.50. The van der Waals surface area contributed by atoms with Crippen LogP contribution in [0.2, 0.25) is 0 Å². The monoisotopic (exact) mass is 187 g/mol. The molecule has 0 N–H and O–H groups in total. The molecule has 1 aliphatic carbocycles. The van der Waals surface area contributed by atoms with Crippen molar-refractivity contribution in [1.29, 1.82) is 0 Å². The van der Waals surface area contributed by atoms with Gasteiger partial charge in [-0.3, -0.25) is 0 Å². The second kappa shape index (κ2) is 5.87. The van der Waals surface area contributed by atoms with Crippen LogP contribution in [0.3, 0.4) is 0 Å². The summed E-state index contributed by atoms with van der Waals surface area (Å²) in [5, 5.41) is 0. The first kappa shape index (κ1) is 10.4. The largest absolute Gasteiger partial charge is 0.616 e. The SMILES string of the molecule is C[CH]C[S+]([O-])CC1CCCCC1. The van der Waals surface area contributed by atoms with Crippen LogP contribution in [0.4, 0.5) is 0 Å². The van der Waals surface area contributed by atoms with E-state index >= 15 is 0 Å². The van der Waals surface area contributed by atoms with Gasteiger partial charge >= 0.3 is 0 Å².